The molecule has 1 atom stereocenters. The molecule has 1 heterocycles. The number of aromatic nitrogens is 2. The molecule has 1 saturated carbocycles. The van der Waals surface area contributed by atoms with Gasteiger partial charge in [-0.2, -0.15) is 5.26 Å². The van der Waals surface area contributed by atoms with E-state index in [2.05, 4.69) is 60.1 Å². The summed E-state index contributed by atoms with van der Waals surface area (Å²) in [5.74, 6) is 1.81. The fraction of sp³-hybridized carbons (Fsp3) is 0.462. The van der Waals surface area contributed by atoms with Crippen LogP contribution in [0.25, 0.3) is 11.0 Å². The van der Waals surface area contributed by atoms with Crippen LogP contribution < -0.4 is 5.32 Å². The Morgan fingerprint density at radius 2 is 1.83 bits per heavy atom. The minimum Gasteiger partial charge on any atom is -0.325 e. The second kappa shape index (κ2) is 7.89. The highest BCUT2D eigenvalue weighted by molar-refractivity contribution is 5.77. The lowest BCUT2D eigenvalue weighted by Crippen LogP contribution is -2.37. The second-order valence-electron chi connectivity index (χ2n) is 9.30. The summed E-state index contributed by atoms with van der Waals surface area (Å²) in [6, 6.07) is 16.3. The Morgan fingerprint density at radius 1 is 1.03 bits per heavy atom. The molecule has 1 aromatic heterocycles. The van der Waals surface area contributed by atoms with E-state index in [-0.39, 0.29) is 0 Å². The van der Waals surface area contributed by atoms with Gasteiger partial charge in [-0.15, -0.1) is 0 Å². The largest absolute Gasteiger partial charge is 0.325 e. The molecule has 3 aromatic rings. The van der Waals surface area contributed by atoms with Gasteiger partial charge in [-0.05, 0) is 106 Å². The number of imidazole rings is 1. The summed E-state index contributed by atoms with van der Waals surface area (Å²) in [4.78, 5) is 4.82. The highest BCUT2D eigenvalue weighted by Crippen LogP contribution is 2.33. The molecule has 5 rings (SSSR count). The summed E-state index contributed by atoms with van der Waals surface area (Å²) in [6.07, 6.45) is 7.14. The van der Waals surface area contributed by atoms with Crippen molar-refractivity contribution in [1.29, 1.82) is 5.26 Å². The standard InChI is InChI=1S/C26H30N4/c1-17-3-10-26-25(11-17)29-18(2)30(26)24-8-6-23(7-9-24)28-16-20-13-21-5-4-19(15-27)12-22(21)14-20/h3-5,10-12,20,23-24,28H,6-9,13-14,16H2,1-2H3. The highest BCUT2D eigenvalue weighted by atomic mass is 15.1. The summed E-state index contributed by atoms with van der Waals surface area (Å²) >= 11 is 0. The van der Waals surface area contributed by atoms with E-state index in [9.17, 15) is 0 Å². The lowest BCUT2D eigenvalue weighted by Gasteiger charge is -2.31. The summed E-state index contributed by atoms with van der Waals surface area (Å²) in [5, 5.41) is 13.0. The van der Waals surface area contributed by atoms with Gasteiger partial charge in [-0.3, -0.25) is 0 Å². The zero-order valence-electron chi connectivity index (χ0n) is 18.0. The number of nitrogens with zero attached hydrogens (tertiary/aromatic N) is 3. The van der Waals surface area contributed by atoms with Gasteiger partial charge in [-0.1, -0.05) is 12.1 Å². The second-order valence-corrected chi connectivity index (χ2v) is 9.30. The van der Waals surface area contributed by atoms with Crippen molar-refractivity contribution in [2.45, 2.75) is 64.5 Å². The average molecular weight is 399 g/mol. The van der Waals surface area contributed by atoms with E-state index in [1.807, 2.05) is 6.07 Å². The minimum absolute atomic E-state index is 0.566. The molecule has 154 valence electrons. The van der Waals surface area contributed by atoms with Gasteiger partial charge < -0.3 is 9.88 Å². The van der Waals surface area contributed by atoms with E-state index >= 15 is 0 Å². The predicted octanol–water partition coefficient (Wildman–Crippen LogP) is 5.01. The van der Waals surface area contributed by atoms with Crippen LogP contribution in [0.1, 0.15) is 59.8 Å². The number of fused-ring (bicyclic) bond motifs is 2. The summed E-state index contributed by atoms with van der Waals surface area (Å²) in [6.45, 7) is 5.36. The maximum Gasteiger partial charge on any atom is 0.106 e. The monoisotopic (exact) mass is 398 g/mol. The minimum atomic E-state index is 0.566. The number of benzene rings is 2. The van der Waals surface area contributed by atoms with Gasteiger partial charge in [0.05, 0.1) is 22.7 Å². The van der Waals surface area contributed by atoms with Gasteiger partial charge in [0, 0.05) is 12.1 Å². The van der Waals surface area contributed by atoms with Crippen molar-refractivity contribution in [2.75, 3.05) is 6.54 Å². The number of rotatable bonds is 4. The smallest absolute Gasteiger partial charge is 0.106 e. The third kappa shape index (κ3) is 3.63. The van der Waals surface area contributed by atoms with E-state index in [0.29, 0.717) is 18.0 Å². The van der Waals surface area contributed by atoms with Crippen LogP contribution in [0.15, 0.2) is 36.4 Å². The van der Waals surface area contributed by atoms with E-state index in [0.717, 1.165) is 36.3 Å². The fourth-order valence-corrected chi connectivity index (χ4v) is 5.58. The molecule has 2 aliphatic rings. The van der Waals surface area contributed by atoms with Crippen molar-refractivity contribution < 1.29 is 0 Å². The first-order chi connectivity index (χ1) is 14.6. The van der Waals surface area contributed by atoms with Crippen LogP contribution in [0.4, 0.5) is 0 Å². The third-order valence-corrected chi connectivity index (χ3v) is 7.13. The van der Waals surface area contributed by atoms with Crippen LogP contribution >= 0.6 is 0 Å². The Morgan fingerprint density at radius 3 is 2.63 bits per heavy atom. The Bertz CT molecular complexity index is 1110. The van der Waals surface area contributed by atoms with Crippen LogP contribution in [0, 0.1) is 31.1 Å². The van der Waals surface area contributed by atoms with Crippen molar-refractivity contribution in [1.82, 2.24) is 14.9 Å². The van der Waals surface area contributed by atoms with Gasteiger partial charge in [-0.25, -0.2) is 4.98 Å². The maximum atomic E-state index is 9.12. The molecular formula is C26H30N4. The molecule has 0 aliphatic heterocycles. The number of nitriles is 1. The molecule has 1 fully saturated rings. The van der Waals surface area contributed by atoms with Crippen molar-refractivity contribution >= 4 is 11.0 Å². The Balaban J connectivity index is 1.17. The molecule has 1 unspecified atom stereocenters. The Hall–Kier alpha value is -2.64. The molecule has 4 nitrogen and oxygen atoms in total. The normalized spacial score (nSPS) is 23.4. The number of aryl methyl sites for hydroxylation is 2. The molecule has 0 saturated heterocycles. The summed E-state index contributed by atoms with van der Waals surface area (Å²) < 4.78 is 2.48. The predicted molar refractivity (Wildman–Crippen MR) is 121 cm³/mol. The van der Waals surface area contributed by atoms with Gasteiger partial charge in [0.25, 0.3) is 0 Å². The van der Waals surface area contributed by atoms with Gasteiger partial charge in [0.1, 0.15) is 5.82 Å². The first-order valence-corrected chi connectivity index (χ1v) is 11.3. The lowest BCUT2D eigenvalue weighted by molar-refractivity contribution is 0.283. The van der Waals surface area contributed by atoms with Crippen LogP contribution in [0.3, 0.4) is 0 Å². The van der Waals surface area contributed by atoms with Crippen LogP contribution in [-0.2, 0) is 12.8 Å². The molecule has 0 radical (unpaired) electrons. The molecule has 0 amide bonds. The molecule has 1 N–H and O–H groups in total. The summed E-state index contributed by atoms with van der Waals surface area (Å²) in [7, 11) is 0. The zero-order valence-corrected chi connectivity index (χ0v) is 18.0. The molecule has 0 bridgehead atoms. The Labute approximate surface area is 178 Å². The first kappa shape index (κ1) is 19.3. The average Bonchev–Trinajstić information content (AvgIpc) is 3.31. The van der Waals surface area contributed by atoms with Gasteiger partial charge >= 0.3 is 0 Å². The molecule has 2 aromatic carbocycles. The van der Waals surface area contributed by atoms with E-state index in [4.69, 9.17) is 10.2 Å². The summed E-state index contributed by atoms with van der Waals surface area (Å²) in [5.41, 5.74) is 7.30. The Kier molecular flexibility index (Phi) is 5.08. The van der Waals surface area contributed by atoms with Crippen molar-refractivity contribution in [2.24, 2.45) is 5.92 Å². The van der Waals surface area contributed by atoms with Gasteiger partial charge in [0.2, 0.25) is 0 Å². The van der Waals surface area contributed by atoms with Crippen molar-refractivity contribution in [3.8, 4) is 6.07 Å². The molecule has 0 spiro atoms. The quantitative estimate of drug-likeness (QED) is 0.672. The van der Waals surface area contributed by atoms with Crippen LogP contribution in [-0.4, -0.2) is 22.1 Å². The molecule has 30 heavy (non-hydrogen) atoms. The number of hydrogen-bond acceptors (Lipinski definition) is 3. The van der Waals surface area contributed by atoms with Crippen molar-refractivity contribution in [3.63, 3.8) is 0 Å². The van der Waals surface area contributed by atoms with Gasteiger partial charge in [0.15, 0.2) is 0 Å². The fourth-order valence-electron chi connectivity index (χ4n) is 5.58. The molecular weight excluding hydrogens is 368 g/mol. The van der Waals surface area contributed by atoms with E-state index in [1.54, 1.807) is 0 Å². The van der Waals surface area contributed by atoms with E-state index in [1.165, 1.54) is 47.9 Å². The van der Waals surface area contributed by atoms with Crippen LogP contribution in [0.2, 0.25) is 0 Å². The lowest BCUT2D eigenvalue weighted by atomic mass is 9.90. The first-order valence-electron chi connectivity index (χ1n) is 11.3. The molecule has 4 heteroatoms. The third-order valence-electron chi connectivity index (χ3n) is 7.13. The number of hydrogen-bond donors (Lipinski definition) is 1. The van der Waals surface area contributed by atoms with Crippen LogP contribution in [0.5, 0.6) is 0 Å². The highest BCUT2D eigenvalue weighted by Gasteiger charge is 2.27. The zero-order chi connectivity index (χ0) is 20.7. The topological polar surface area (TPSA) is 53.6 Å². The maximum absolute atomic E-state index is 9.12. The number of nitrogens with one attached hydrogen (secondary N) is 1. The molecule has 2 aliphatic carbocycles. The van der Waals surface area contributed by atoms with Crippen molar-refractivity contribution in [3.05, 3.63) is 64.5 Å². The SMILES string of the molecule is Cc1ccc2c(c1)nc(C)n2C1CCC(NCC2Cc3ccc(C#N)cc3C2)CC1. The van der Waals surface area contributed by atoms with E-state index < -0.39 is 0 Å².